The summed E-state index contributed by atoms with van der Waals surface area (Å²) in [5.41, 5.74) is 0.550. The number of benzene rings is 1. The van der Waals surface area contributed by atoms with Crippen molar-refractivity contribution in [3.63, 3.8) is 0 Å². The van der Waals surface area contributed by atoms with Crippen molar-refractivity contribution >= 4 is 11.9 Å². The van der Waals surface area contributed by atoms with E-state index in [9.17, 15) is 9.59 Å². The van der Waals surface area contributed by atoms with E-state index in [4.69, 9.17) is 10.00 Å². The van der Waals surface area contributed by atoms with E-state index in [1.54, 1.807) is 31.2 Å². The van der Waals surface area contributed by atoms with Crippen LogP contribution >= 0.6 is 0 Å². The highest BCUT2D eigenvalue weighted by Gasteiger charge is 2.16. The molecule has 0 radical (unpaired) electrons. The SMILES string of the molecule is CCOC(=O)CCN(CCC#N)C(=O)c1ccccc1. The minimum atomic E-state index is -0.338. The first-order valence-corrected chi connectivity index (χ1v) is 6.56. The van der Waals surface area contributed by atoms with Crippen molar-refractivity contribution in [3.8, 4) is 6.07 Å². The Kier molecular flexibility index (Phi) is 6.83. The van der Waals surface area contributed by atoms with Crippen LogP contribution in [0.5, 0.6) is 0 Å². The quantitative estimate of drug-likeness (QED) is 0.713. The standard InChI is InChI=1S/C15H18N2O3/c1-2-20-14(18)9-12-17(11-6-10-16)15(19)13-7-4-3-5-8-13/h3-5,7-8H,2,6,9,11-12H2,1H3. The molecule has 0 heterocycles. The van der Waals surface area contributed by atoms with E-state index in [0.717, 1.165) is 0 Å². The van der Waals surface area contributed by atoms with Gasteiger partial charge < -0.3 is 9.64 Å². The number of esters is 1. The number of carbonyl (C=O) groups is 2. The van der Waals surface area contributed by atoms with Crippen LogP contribution in [0.1, 0.15) is 30.1 Å². The topological polar surface area (TPSA) is 70.4 Å². The number of amides is 1. The lowest BCUT2D eigenvalue weighted by Crippen LogP contribution is -2.34. The number of nitriles is 1. The van der Waals surface area contributed by atoms with E-state index in [0.29, 0.717) is 18.7 Å². The van der Waals surface area contributed by atoms with Gasteiger partial charge in [-0.05, 0) is 19.1 Å². The van der Waals surface area contributed by atoms with Crippen LogP contribution in [0.4, 0.5) is 0 Å². The molecule has 5 nitrogen and oxygen atoms in total. The Hall–Kier alpha value is -2.35. The number of rotatable bonds is 7. The van der Waals surface area contributed by atoms with Gasteiger partial charge in [-0.15, -0.1) is 0 Å². The number of nitrogens with zero attached hydrogens (tertiary/aromatic N) is 2. The molecule has 0 fully saturated rings. The monoisotopic (exact) mass is 274 g/mol. The summed E-state index contributed by atoms with van der Waals surface area (Å²) in [5, 5.41) is 8.65. The lowest BCUT2D eigenvalue weighted by atomic mass is 10.2. The fraction of sp³-hybridized carbons (Fsp3) is 0.400. The third-order valence-corrected chi connectivity index (χ3v) is 2.69. The minimum absolute atomic E-state index is 0.137. The molecular weight excluding hydrogens is 256 g/mol. The average Bonchev–Trinajstić information content (AvgIpc) is 2.48. The van der Waals surface area contributed by atoms with Crippen LogP contribution in [0, 0.1) is 11.3 Å². The molecular formula is C15H18N2O3. The summed E-state index contributed by atoms with van der Waals surface area (Å²) in [5.74, 6) is -0.513. The Morgan fingerprint density at radius 3 is 2.55 bits per heavy atom. The van der Waals surface area contributed by atoms with Gasteiger partial charge in [-0.3, -0.25) is 9.59 Å². The first kappa shape index (κ1) is 15.7. The van der Waals surface area contributed by atoms with Gasteiger partial charge in [0.25, 0.3) is 5.91 Å². The Bertz CT molecular complexity index is 480. The van der Waals surface area contributed by atoms with Crippen LogP contribution in [0.25, 0.3) is 0 Å². The predicted octanol–water partition coefficient (Wildman–Crippen LogP) is 2.00. The van der Waals surface area contributed by atoms with Crippen molar-refractivity contribution in [2.24, 2.45) is 0 Å². The van der Waals surface area contributed by atoms with E-state index < -0.39 is 0 Å². The summed E-state index contributed by atoms with van der Waals surface area (Å²) in [6.45, 7) is 2.63. The number of carbonyl (C=O) groups excluding carboxylic acids is 2. The van der Waals surface area contributed by atoms with Gasteiger partial charge in [-0.1, -0.05) is 18.2 Å². The van der Waals surface area contributed by atoms with Gasteiger partial charge in [-0.25, -0.2) is 0 Å². The molecule has 0 aliphatic heterocycles. The minimum Gasteiger partial charge on any atom is -0.466 e. The molecule has 0 spiro atoms. The first-order chi connectivity index (χ1) is 9.69. The first-order valence-electron chi connectivity index (χ1n) is 6.56. The molecule has 0 atom stereocenters. The van der Waals surface area contributed by atoms with Crippen molar-refractivity contribution in [1.82, 2.24) is 4.90 Å². The molecule has 20 heavy (non-hydrogen) atoms. The molecule has 0 bridgehead atoms. The van der Waals surface area contributed by atoms with E-state index in [1.165, 1.54) is 4.90 Å². The number of hydrogen-bond donors (Lipinski definition) is 0. The molecule has 5 heteroatoms. The average molecular weight is 274 g/mol. The van der Waals surface area contributed by atoms with Gasteiger partial charge in [0.1, 0.15) is 0 Å². The molecule has 1 aromatic carbocycles. The third kappa shape index (κ3) is 5.11. The maximum atomic E-state index is 12.3. The number of hydrogen-bond acceptors (Lipinski definition) is 4. The second-order valence-electron chi connectivity index (χ2n) is 4.12. The Morgan fingerprint density at radius 2 is 1.95 bits per heavy atom. The Labute approximate surface area is 118 Å². The zero-order valence-corrected chi connectivity index (χ0v) is 11.5. The third-order valence-electron chi connectivity index (χ3n) is 2.69. The second-order valence-corrected chi connectivity index (χ2v) is 4.12. The highest BCUT2D eigenvalue weighted by molar-refractivity contribution is 5.94. The van der Waals surface area contributed by atoms with E-state index >= 15 is 0 Å². The summed E-state index contributed by atoms with van der Waals surface area (Å²) in [6, 6.07) is 10.8. The maximum absolute atomic E-state index is 12.3. The van der Waals surface area contributed by atoms with Crippen molar-refractivity contribution in [1.29, 1.82) is 5.26 Å². The number of ether oxygens (including phenoxy) is 1. The zero-order chi connectivity index (χ0) is 14.8. The molecule has 1 rings (SSSR count). The molecule has 0 N–H and O–H groups in total. The molecule has 0 saturated heterocycles. The Balaban J connectivity index is 2.66. The summed E-state index contributed by atoms with van der Waals surface area (Å²) in [6.07, 6.45) is 0.374. The lowest BCUT2D eigenvalue weighted by Gasteiger charge is -2.21. The van der Waals surface area contributed by atoms with Crippen LogP contribution in [-0.4, -0.2) is 36.5 Å². The van der Waals surface area contributed by atoms with Crippen LogP contribution in [-0.2, 0) is 9.53 Å². The summed E-state index contributed by atoms with van der Waals surface area (Å²) < 4.78 is 4.84. The van der Waals surface area contributed by atoms with Crippen molar-refractivity contribution in [2.45, 2.75) is 19.8 Å². The van der Waals surface area contributed by atoms with Gasteiger partial charge >= 0.3 is 5.97 Å². The van der Waals surface area contributed by atoms with Crippen molar-refractivity contribution in [3.05, 3.63) is 35.9 Å². The highest BCUT2D eigenvalue weighted by Crippen LogP contribution is 2.06. The molecule has 0 aliphatic carbocycles. The molecule has 0 unspecified atom stereocenters. The fourth-order valence-electron chi connectivity index (χ4n) is 1.72. The van der Waals surface area contributed by atoms with Crippen LogP contribution in [0.3, 0.4) is 0 Å². The lowest BCUT2D eigenvalue weighted by molar-refractivity contribution is -0.143. The van der Waals surface area contributed by atoms with Crippen LogP contribution in [0.2, 0.25) is 0 Å². The van der Waals surface area contributed by atoms with Gasteiger partial charge in [-0.2, -0.15) is 5.26 Å². The predicted molar refractivity (Wildman–Crippen MR) is 73.8 cm³/mol. The van der Waals surface area contributed by atoms with Crippen molar-refractivity contribution < 1.29 is 14.3 Å². The molecule has 1 amide bonds. The second kappa shape index (κ2) is 8.70. The van der Waals surface area contributed by atoms with Gasteiger partial charge in [0.15, 0.2) is 0 Å². The molecule has 106 valence electrons. The molecule has 0 saturated carbocycles. The molecule has 0 aliphatic rings. The summed E-state index contributed by atoms with van der Waals surface area (Å²) in [7, 11) is 0. The highest BCUT2D eigenvalue weighted by atomic mass is 16.5. The van der Waals surface area contributed by atoms with Gasteiger partial charge in [0.2, 0.25) is 0 Å². The van der Waals surface area contributed by atoms with Crippen LogP contribution in [0.15, 0.2) is 30.3 Å². The van der Waals surface area contributed by atoms with E-state index in [-0.39, 0.29) is 31.3 Å². The van der Waals surface area contributed by atoms with Crippen LogP contribution < -0.4 is 0 Å². The molecule has 1 aromatic rings. The summed E-state index contributed by atoms with van der Waals surface area (Å²) in [4.78, 5) is 25.2. The molecule has 0 aromatic heterocycles. The Morgan fingerprint density at radius 1 is 1.25 bits per heavy atom. The van der Waals surface area contributed by atoms with Gasteiger partial charge in [0, 0.05) is 18.7 Å². The normalized spacial score (nSPS) is 9.60. The van der Waals surface area contributed by atoms with Crippen molar-refractivity contribution in [2.75, 3.05) is 19.7 Å². The summed E-state index contributed by atoms with van der Waals surface area (Å²) >= 11 is 0. The fourth-order valence-corrected chi connectivity index (χ4v) is 1.72. The largest absolute Gasteiger partial charge is 0.466 e. The maximum Gasteiger partial charge on any atom is 0.307 e. The zero-order valence-electron chi connectivity index (χ0n) is 11.5. The van der Waals surface area contributed by atoms with Gasteiger partial charge in [0.05, 0.1) is 25.5 Å². The van der Waals surface area contributed by atoms with E-state index in [2.05, 4.69) is 0 Å². The van der Waals surface area contributed by atoms with E-state index in [1.807, 2.05) is 12.1 Å². The smallest absolute Gasteiger partial charge is 0.307 e.